The summed E-state index contributed by atoms with van der Waals surface area (Å²) in [5, 5.41) is 17.7. The first kappa shape index (κ1) is 10.7. The van der Waals surface area contributed by atoms with Crippen molar-refractivity contribution in [1.82, 2.24) is 0 Å². The van der Waals surface area contributed by atoms with E-state index in [-0.39, 0.29) is 6.61 Å². The van der Waals surface area contributed by atoms with Gasteiger partial charge < -0.3 is 10.2 Å². The van der Waals surface area contributed by atoms with E-state index in [1.165, 1.54) is 17.9 Å². The first-order valence-electron chi connectivity index (χ1n) is 4.35. The maximum Gasteiger partial charge on any atom is 0.0771 e. The molecule has 72 valence electrons. The summed E-state index contributed by atoms with van der Waals surface area (Å²) in [6.07, 6.45) is 2.57. The van der Waals surface area contributed by atoms with Gasteiger partial charge in [-0.25, -0.2) is 0 Å². The van der Waals surface area contributed by atoms with Crippen LogP contribution in [0.15, 0.2) is 0 Å². The minimum Gasteiger partial charge on any atom is -0.394 e. The molecule has 0 bridgehead atoms. The Balaban J connectivity index is 2.05. The fourth-order valence-corrected chi connectivity index (χ4v) is 4.02. The van der Waals surface area contributed by atoms with Gasteiger partial charge in [0.15, 0.2) is 0 Å². The lowest BCUT2D eigenvalue weighted by Crippen LogP contribution is -2.15. The lowest BCUT2D eigenvalue weighted by molar-refractivity contribution is 0.0876. The topological polar surface area (TPSA) is 40.5 Å². The van der Waals surface area contributed by atoms with E-state index in [0.717, 1.165) is 12.8 Å². The first-order valence-corrected chi connectivity index (χ1v) is 6.45. The molecule has 0 aromatic heterocycles. The Kier molecular flexibility index (Phi) is 5.47. The monoisotopic (exact) mass is 208 g/mol. The summed E-state index contributed by atoms with van der Waals surface area (Å²) >= 11 is 3.97. The Morgan fingerprint density at radius 1 is 1.33 bits per heavy atom. The molecular formula is C8H16O2S2. The Labute approximate surface area is 82.1 Å². The van der Waals surface area contributed by atoms with E-state index < -0.39 is 6.10 Å². The zero-order chi connectivity index (χ0) is 8.81. The normalized spacial score (nSPS) is 22.5. The zero-order valence-corrected chi connectivity index (χ0v) is 8.74. The van der Waals surface area contributed by atoms with E-state index in [9.17, 15) is 0 Å². The molecule has 0 spiro atoms. The second-order valence-electron chi connectivity index (χ2n) is 2.94. The fraction of sp³-hybridized carbons (Fsp3) is 1.00. The van der Waals surface area contributed by atoms with E-state index in [1.807, 2.05) is 23.5 Å². The molecule has 1 fully saturated rings. The molecule has 12 heavy (non-hydrogen) atoms. The van der Waals surface area contributed by atoms with Crippen molar-refractivity contribution in [3.63, 3.8) is 0 Å². The maximum atomic E-state index is 9.12. The van der Waals surface area contributed by atoms with E-state index >= 15 is 0 Å². The predicted molar refractivity (Wildman–Crippen MR) is 55.6 cm³/mol. The summed E-state index contributed by atoms with van der Waals surface area (Å²) in [4.78, 5) is 0. The van der Waals surface area contributed by atoms with E-state index in [4.69, 9.17) is 10.2 Å². The third-order valence-corrected chi connectivity index (χ3v) is 4.92. The van der Waals surface area contributed by atoms with E-state index in [0.29, 0.717) is 4.58 Å². The highest BCUT2D eigenvalue weighted by atomic mass is 32.2. The molecule has 0 aliphatic carbocycles. The van der Waals surface area contributed by atoms with Gasteiger partial charge in [-0.05, 0) is 30.8 Å². The van der Waals surface area contributed by atoms with Crippen molar-refractivity contribution in [2.24, 2.45) is 0 Å². The molecule has 1 rings (SSSR count). The molecule has 2 nitrogen and oxygen atoms in total. The molecule has 0 amide bonds. The van der Waals surface area contributed by atoms with Crippen LogP contribution in [0.25, 0.3) is 0 Å². The first-order chi connectivity index (χ1) is 5.83. The van der Waals surface area contributed by atoms with Crippen molar-refractivity contribution in [3.05, 3.63) is 0 Å². The number of aliphatic hydroxyl groups is 2. The molecule has 0 aromatic rings. The van der Waals surface area contributed by atoms with Crippen LogP contribution in [0.5, 0.6) is 0 Å². The highest BCUT2D eigenvalue weighted by Gasteiger charge is 2.15. The van der Waals surface area contributed by atoms with Crippen LogP contribution >= 0.6 is 23.5 Å². The van der Waals surface area contributed by atoms with Crippen LogP contribution in [-0.4, -0.2) is 39.0 Å². The highest BCUT2D eigenvalue weighted by Crippen LogP contribution is 2.33. The van der Waals surface area contributed by atoms with Gasteiger partial charge in [-0.1, -0.05) is 0 Å². The zero-order valence-electron chi connectivity index (χ0n) is 7.11. The lowest BCUT2D eigenvalue weighted by Gasteiger charge is -2.21. The Bertz CT molecular complexity index is 116. The minimum atomic E-state index is -0.506. The summed E-state index contributed by atoms with van der Waals surface area (Å²) < 4.78 is 0.653. The molecule has 2 N–H and O–H groups in total. The average Bonchev–Trinajstić information content (AvgIpc) is 2.16. The van der Waals surface area contributed by atoms with Crippen molar-refractivity contribution >= 4 is 23.5 Å². The summed E-state index contributed by atoms with van der Waals surface area (Å²) in [5.41, 5.74) is 0. The molecule has 1 aliphatic heterocycles. The molecule has 0 saturated carbocycles. The van der Waals surface area contributed by atoms with Gasteiger partial charge in [0.05, 0.1) is 17.3 Å². The number of aliphatic hydroxyl groups excluding tert-OH is 2. The quantitative estimate of drug-likeness (QED) is 0.731. The van der Waals surface area contributed by atoms with Crippen molar-refractivity contribution in [2.75, 3.05) is 18.1 Å². The van der Waals surface area contributed by atoms with Crippen molar-refractivity contribution in [3.8, 4) is 0 Å². The molecule has 0 aromatic carbocycles. The fourth-order valence-electron chi connectivity index (χ4n) is 1.12. The van der Waals surface area contributed by atoms with Crippen LogP contribution in [-0.2, 0) is 0 Å². The van der Waals surface area contributed by atoms with Gasteiger partial charge in [-0.15, -0.1) is 23.5 Å². The van der Waals surface area contributed by atoms with Gasteiger partial charge in [-0.2, -0.15) is 0 Å². The number of hydrogen-bond acceptors (Lipinski definition) is 4. The molecular weight excluding hydrogens is 192 g/mol. The van der Waals surface area contributed by atoms with Gasteiger partial charge in [0, 0.05) is 0 Å². The van der Waals surface area contributed by atoms with Crippen LogP contribution in [0.2, 0.25) is 0 Å². The number of rotatable bonds is 4. The third kappa shape index (κ3) is 4.03. The van der Waals surface area contributed by atoms with Gasteiger partial charge in [-0.3, -0.25) is 0 Å². The van der Waals surface area contributed by atoms with E-state index in [2.05, 4.69) is 0 Å². The summed E-state index contributed by atoms with van der Waals surface area (Å²) in [7, 11) is 0. The third-order valence-electron chi connectivity index (χ3n) is 1.84. The van der Waals surface area contributed by atoms with Gasteiger partial charge >= 0.3 is 0 Å². The largest absolute Gasteiger partial charge is 0.394 e. The number of thioether (sulfide) groups is 2. The van der Waals surface area contributed by atoms with Gasteiger partial charge in [0.1, 0.15) is 0 Å². The molecule has 0 radical (unpaired) electrons. The minimum absolute atomic E-state index is 0.0952. The van der Waals surface area contributed by atoms with Crippen molar-refractivity contribution in [1.29, 1.82) is 0 Å². The number of hydrogen-bond donors (Lipinski definition) is 2. The second kappa shape index (κ2) is 6.13. The van der Waals surface area contributed by atoms with Gasteiger partial charge in [0.25, 0.3) is 0 Å². The Morgan fingerprint density at radius 2 is 2.00 bits per heavy atom. The smallest absolute Gasteiger partial charge is 0.0771 e. The highest BCUT2D eigenvalue weighted by molar-refractivity contribution is 8.17. The Morgan fingerprint density at radius 3 is 2.58 bits per heavy atom. The second-order valence-corrected chi connectivity index (χ2v) is 5.86. The van der Waals surface area contributed by atoms with Crippen molar-refractivity contribution in [2.45, 2.75) is 29.9 Å². The summed E-state index contributed by atoms with van der Waals surface area (Å²) in [6, 6.07) is 0. The maximum absolute atomic E-state index is 9.12. The molecule has 1 saturated heterocycles. The van der Waals surface area contributed by atoms with Gasteiger partial charge in [0.2, 0.25) is 0 Å². The average molecular weight is 208 g/mol. The molecule has 1 aliphatic rings. The Hall–Kier alpha value is 0.620. The molecule has 1 atom stereocenters. The predicted octanol–water partition coefficient (Wildman–Crippen LogP) is 1.32. The van der Waals surface area contributed by atoms with Crippen LogP contribution in [0.1, 0.15) is 19.3 Å². The van der Waals surface area contributed by atoms with Crippen LogP contribution in [0.4, 0.5) is 0 Å². The van der Waals surface area contributed by atoms with Crippen molar-refractivity contribution < 1.29 is 10.2 Å². The summed E-state index contributed by atoms with van der Waals surface area (Å²) in [6.45, 7) is -0.0952. The van der Waals surface area contributed by atoms with Crippen LogP contribution in [0.3, 0.4) is 0 Å². The lowest BCUT2D eigenvalue weighted by atomic mass is 10.2. The molecule has 4 heteroatoms. The SMILES string of the molecule is OC[C@@H](O)CCC1SCCCS1. The van der Waals surface area contributed by atoms with E-state index in [1.54, 1.807) is 0 Å². The van der Waals surface area contributed by atoms with Crippen LogP contribution in [0, 0.1) is 0 Å². The summed E-state index contributed by atoms with van der Waals surface area (Å²) in [5.74, 6) is 2.51. The standard InChI is InChI=1S/C8H16O2S2/c9-6-7(10)2-3-8-11-4-1-5-12-8/h7-10H,1-6H2/t7-/m0/s1. The van der Waals surface area contributed by atoms with Crippen LogP contribution < -0.4 is 0 Å². The molecule has 1 heterocycles. The molecule has 0 unspecified atom stereocenters.